The van der Waals surface area contributed by atoms with E-state index in [2.05, 4.69) is 26.2 Å². The summed E-state index contributed by atoms with van der Waals surface area (Å²) in [7, 11) is 0. The molecular formula is C26H38F2O2. The highest BCUT2D eigenvalue weighted by Gasteiger charge is 2.23. The van der Waals surface area contributed by atoms with Gasteiger partial charge >= 0.3 is 0 Å². The van der Waals surface area contributed by atoms with Crippen molar-refractivity contribution >= 4 is 0 Å². The fourth-order valence-electron chi connectivity index (χ4n) is 4.30. The lowest BCUT2D eigenvalue weighted by Gasteiger charge is -2.28. The van der Waals surface area contributed by atoms with Crippen molar-refractivity contribution < 1.29 is 18.3 Å². The van der Waals surface area contributed by atoms with Crippen molar-refractivity contribution in [1.29, 1.82) is 0 Å². The molecule has 0 aliphatic heterocycles. The van der Waals surface area contributed by atoms with E-state index in [1.807, 2.05) is 0 Å². The molecule has 4 heteroatoms. The van der Waals surface area contributed by atoms with Crippen LogP contribution in [0.4, 0.5) is 8.78 Å². The third-order valence-electron chi connectivity index (χ3n) is 6.21. The largest absolute Gasteiger partial charge is 0.490 e. The predicted molar refractivity (Wildman–Crippen MR) is 120 cm³/mol. The van der Waals surface area contributed by atoms with Gasteiger partial charge in [-0.2, -0.15) is 8.78 Å². The number of hydrogen-bond donors (Lipinski definition) is 0. The summed E-state index contributed by atoms with van der Waals surface area (Å²) in [4.78, 5) is 0. The van der Waals surface area contributed by atoms with Crippen LogP contribution in [-0.2, 0) is 0 Å². The predicted octanol–water partition coefficient (Wildman–Crippen LogP) is 7.88. The zero-order valence-corrected chi connectivity index (χ0v) is 18.5. The van der Waals surface area contributed by atoms with Crippen molar-refractivity contribution in [3.63, 3.8) is 0 Å². The van der Waals surface area contributed by atoms with Crippen molar-refractivity contribution in [3.8, 4) is 11.5 Å². The smallest absolute Gasteiger partial charge is 0.204 e. The topological polar surface area (TPSA) is 18.5 Å². The average Bonchev–Trinajstić information content (AvgIpc) is 2.76. The van der Waals surface area contributed by atoms with E-state index in [-0.39, 0.29) is 18.1 Å². The van der Waals surface area contributed by atoms with Gasteiger partial charge in [0.15, 0.2) is 11.5 Å². The van der Waals surface area contributed by atoms with Gasteiger partial charge in [-0.05, 0) is 62.0 Å². The molecule has 0 heterocycles. The van der Waals surface area contributed by atoms with Gasteiger partial charge in [0.1, 0.15) is 0 Å². The maximum absolute atomic E-state index is 14.3. The van der Waals surface area contributed by atoms with Crippen LogP contribution in [0.5, 0.6) is 11.5 Å². The van der Waals surface area contributed by atoms with Crippen molar-refractivity contribution in [2.24, 2.45) is 17.8 Å². The molecule has 0 N–H and O–H groups in total. The number of allylic oxidation sites excluding steroid dienone is 1. The molecular weight excluding hydrogens is 382 g/mol. The number of ether oxygens (including phenoxy) is 2. The molecule has 2 nitrogen and oxygen atoms in total. The molecule has 1 fully saturated rings. The quantitative estimate of drug-likeness (QED) is 0.225. The SMILES string of the molecule is C=CCCOc1ccc(OCC2CCC(CCCC(C=C)CCC)CC2)c(F)c1F. The summed E-state index contributed by atoms with van der Waals surface area (Å²) < 4.78 is 39.3. The summed E-state index contributed by atoms with van der Waals surface area (Å²) in [5.41, 5.74) is 0. The van der Waals surface area contributed by atoms with Crippen LogP contribution in [0.15, 0.2) is 37.4 Å². The zero-order valence-electron chi connectivity index (χ0n) is 18.5. The summed E-state index contributed by atoms with van der Waals surface area (Å²) in [6.45, 7) is 10.5. The van der Waals surface area contributed by atoms with Crippen molar-refractivity contribution in [3.05, 3.63) is 49.1 Å². The van der Waals surface area contributed by atoms with Gasteiger partial charge in [0.25, 0.3) is 0 Å². The molecule has 1 unspecified atom stereocenters. The molecule has 0 aromatic heterocycles. The van der Waals surface area contributed by atoms with Crippen molar-refractivity contribution in [2.45, 2.75) is 71.1 Å². The Kier molecular flexibility index (Phi) is 11.0. The summed E-state index contributed by atoms with van der Waals surface area (Å²) in [6, 6.07) is 2.89. The van der Waals surface area contributed by atoms with E-state index in [9.17, 15) is 8.78 Å². The van der Waals surface area contributed by atoms with E-state index in [1.165, 1.54) is 57.1 Å². The number of benzene rings is 1. The van der Waals surface area contributed by atoms with E-state index in [0.29, 0.717) is 24.9 Å². The van der Waals surface area contributed by atoms with Gasteiger partial charge in [0.05, 0.1) is 13.2 Å². The molecule has 1 aromatic rings. The average molecular weight is 421 g/mol. The molecule has 30 heavy (non-hydrogen) atoms. The van der Waals surface area contributed by atoms with Crippen LogP contribution in [0, 0.1) is 29.4 Å². The molecule has 0 bridgehead atoms. The van der Waals surface area contributed by atoms with E-state index >= 15 is 0 Å². The van der Waals surface area contributed by atoms with Crippen LogP contribution in [0.25, 0.3) is 0 Å². The highest BCUT2D eigenvalue weighted by Crippen LogP contribution is 2.34. The van der Waals surface area contributed by atoms with Crippen LogP contribution in [0.1, 0.15) is 71.1 Å². The third-order valence-corrected chi connectivity index (χ3v) is 6.21. The van der Waals surface area contributed by atoms with Crippen molar-refractivity contribution in [2.75, 3.05) is 13.2 Å². The van der Waals surface area contributed by atoms with Crippen LogP contribution < -0.4 is 9.47 Å². The summed E-state index contributed by atoms with van der Waals surface area (Å²) in [6.07, 6.45) is 15.2. The standard InChI is InChI=1S/C26H38F2O2/c1-4-7-18-29-23-16-17-24(26(28)25(23)27)30-19-22-14-12-21(13-15-22)11-8-10-20(6-3)9-5-2/h4,6,16-17,20-22H,1,3,5,7-15,18-19H2,2H3. The Labute approximate surface area is 181 Å². The molecule has 1 aliphatic rings. The van der Waals surface area contributed by atoms with Gasteiger partial charge in [-0.25, -0.2) is 0 Å². The van der Waals surface area contributed by atoms with E-state index in [1.54, 1.807) is 6.08 Å². The molecule has 168 valence electrons. The molecule has 0 amide bonds. The fraction of sp³-hybridized carbons (Fsp3) is 0.615. The second-order valence-electron chi connectivity index (χ2n) is 8.53. The Morgan fingerprint density at radius 2 is 1.63 bits per heavy atom. The second-order valence-corrected chi connectivity index (χ2v) is 8.53. The summed E-state index contributed by atoms with van der Waals surface area (Å²) in [5, 5.41) is 0. The molecule has 1 atom stereocenters. The minimum absolute atomic E-state index is 0.0305. The first-order valence-corrected chi connectivity index (χ1v) is 11.6. The van der Waals surface area contributed by atoms with E-state index in [0.717, 1.165) is 18.8 Å². The summed E-state index contributed by atoms with van der Waals surface area (Å²) in [5.74, 6) is -0.210. The van der Waals surface area contributed by atoms with Crippen molar-refractivity contribution in [1.82, 2.24) is 0 Å². The van der Waals surface area contributed by atoms with Crippen LogP contribution in [0.2, 0.25) is 0 Å². The van der Waals surface area contributed by atoms with Gasteiger partial charge in [-0.15, -0.1) is 13.2 Å². The highest BCUT2D eigenvalue weighted by molar-refractivity contribution is 5.35. The van der Waals surface area contributed by atoms with E-state index < -0.39 is 11.6 Å². The molecule has 1 saturated carbocycles. The lowest BCUT2D eigenvalue weighted by atomic mass is 9.79. The normalized spacial score (nSPS) is 19.8. The molecule has 0 saturated heterocycles. The first-order chi connectivity index (χ1) is 14.6. The lowest BCUT2D eigenvalue weighted by molar-refractivity contribution is 0.171. The minimum Gasteiger partial charge on any atom is -0.490 e. The van der Waals surface area contributed by atoms with Gasteiger partial charge in [-0.1, -0.05) is 51.2 Å². The van der Waals surface area contributed by atoms with E-state index in [4.69, 9.17) is 9.47 Å². The maximum Gasteiger partial charge on any atom is 0.204 e. The molecule has 0 spiro atoms. The molecule has 1 aromatic carbocycles. The van der Waals surface area contributed by atoms with Gasteiger partial charge < -0.3 is 9.47 Å². The third kappa shape index (κ3) is 7.77. The van der Waals surface area contributed by atoms with Crippen LogP contribution in [0.3, 0.4) is 0 Å². The Hall–Kier alpha value is -1.84. The Bertz CT molecular complexity index is 651. The lowest BCUT2D eigenvalue weighted by Crippen LogP contribution is -2.20. The summed E-state index contributed by atoms with van der Waals surface area (Å²) >= 11 is 0. The molecule has 2 rings (SSSR count). The Morgan fingerprint density at radius 3 is 2.23 bits per heavy atom. The molecule has 0 radical (unpaired) electrons. The second kappa shape index (κ2) is 13.5. The van der Waals surface area contributed by atoms with Gasteiger partial charge in [0.2, 0.25) is 11.6 Å². The Morgan fingerprint density at radius 1 is 1.00 bits per heavy atom. The number of hydrogen-bond acceptors (Lipinski definition) is 2. The molecule has 1 aliphatic carbocycles. The van der Waals surface area contributed by atoms with Crippen LogP contribution in [-0.4, -0.2) is 13.2 Å². The first-order valence-electron chi connectivity index (χ1n) is 11.6. The van der Waals surface area contributed by atoms with Gasteiger partial charge in [-0.3, -0.25) is 0 Å². The number of halogens is 2. The monoisotopic (exact) mass is 420 g/mol. The number of rotatable bonds is 14. The first kappa shape index (κ1) is 24.4. The Balaban J connectivity index is 1.71. The fourth-order valence-corrected chi connectivity index (χ4v) is 4.30. The zero-order chi connectivity index (χ0) is 21.8. The van der Waals surface area contributed by atoms with Crippen LogP contribution >= 0.6 is 0 Å². The minimum atomic E-state index is -0.985. The van der Waals surface area contributed by atoms with Gasteiger partial charge in [0, 0.05) is 0 Å². The maximum atomic E-state index is 14.3. The highest BCUT2D eigenvalue weighted by atomic mass is 19.2.